The number of rotatable bonds is 3. The van der Waals surface area contributed by atoms with E-state index in [4.69, 9.17) is 0 Å². The van der Waals surface area contributed by atoms with Crippen molar-refractivity contribution in [1.82, 2.24) is 4.57 Å². The molecule has 0 unspecified atom stereocenters. The van der Waals surface area contributed by atoms with Gasteiger partial charge in [-0.05, 0) is 62.2 Å². The van der Waals surface area contributed by atoms with E-state index in [1.54, 1.807) is 13.0 Å². The van der Waals surface area contributed by atoms with Gasteiger partial charge in [0.15, 0.2) is 5.78 Å². The van der Waals surface area contributed by atoms with Crippen LogP contribution in [0.4, 0.5) is 4.39 Å². The van der Waals surface area contributed by atoms with E-state index < -0.39 is 5.56 Å². The van der Waals surface area contributed by atoms with Gasteiger partial charge in [0, 0.05) is 11.4 Å². The van der Waals surface area contributed by atoms with Crippen LogP contribution >= 0.6 is 0 Å². The molecule has 21 heavy (non-hydrogen) atoms. The summed E-state index contributed by atoms with van der Waals surface area (Å²) >= 11 is 0. The highest BCUT2D eigenvalue weighted by atomic mass is 19.1. The number of allylic oxidation sites excluding steroid dienone is 1. The Labute approximate surface area is 122 Å². The summed E-state index contributed by atoms with van der Waals surface area (Å²) in [4.78, 5) is 24.2. The lowest BCUT2D eigenvalue weighted by atomic mass is 10.0. The molecule has 0 radical (unpaired) electrons. The molecule has 0 amide bonds. The van der Waals surface area contributed by atoms with Crippen molar-refractivity contribution >= 4 is 11.4 Å². The minimum Gasteiger partial charge on any atom is -0.294 e. The Morgan fingerprint density at radius 3 is 2.19 bits per heavy atom. The first kappa shape index (κ1) is 14.9. The number of ketones is 1. The Hall–Kier alpha value is -2.49. The molecule has 0 spiro atoms. The second-order valence-corrected chi connectivity index (χ2v) is 5.01. The molecule has 2 rings (SSSR count). The van der Waals surface area contributed by atoms with Gasteiger partial charge in [0.05, 0.1) is 5.56 Å². The lowest BCUT2D eigenvalue weighted by molar-refractivity contribution is 0.101. The van der Waals surface area contributed by atoms with Crippen LogP contribution in [0.25, 0.3) is 11.3 Å². The number of aromatic nitrogens is 1. The van der Waals surface area contributed by atoms with Crippen molar-refractivity contribution in [3.05, 3.63) is 69.9 Å². The third-order valence-corrected chi connectivity index (χ3v) is 3.37. The average Bonchev–Trinajstić information content (AvgIpc) is 2.40. The summed E-state index contributed by atoms with van der Waals surface area (Å²) in [6.07, 6.45) is 0. The topological polar surface area (TPSA) is 39.1 Å². The smallest absolute Gasteiger partial charge is 0.266 e. The molecule has 0 atom stereocenters. The monoisotopic (exact) mass is 285 g/mol. The van der Waals surface area contributed by atoms with E-state index in [0.29, 0.717) is 11.4 Å². The molecule has 1 aromatic heterocycles. The first-order valence-electron chi connectivity index (χ1n) is 6.52. The quantitative estimate of drug-likeness (QED) is 0.809. The van der Waals surface area contributed by atoms with Crippen molar-refractivity contribution in [3.63, 3.8) is 0 Å². The number of benzene rings is 1. The number of pyridine rings is 1. The van der Waals surface area contributed by atoms with Crippen molar-refractivity contribution < 1.29 is 9.18 Å². The zero-order valence-corrected chi connectivity index (χ0v) is 12.2. The standard InChI is InChI=1S/C17H16FNO2/c1-10(2)15-9-16(12(4)20)17(21)19(11(15)3)14-7-5-13(18)6-8-14/h5-9H,1H2,2-4H3. The lowest BCUT2D eigenvalue weighted by Crippen LogP contribution is -2.27. The van der Waals surface area contributed by atoms with Gasteiger partial charge >= 0.3 is 0 Å². The second-order valence-electron chi connectivity index (χ2n) is 5.01. The van der Waals surface area contributed by atoms with Crippen molar-refractivity contribution in [3.8, 4) is 5.69 Å². The van der Waals surface area contributed by atoms with E-state index in [1.165, 1.54) is 35.8 Å². The molecule has 0 aliphatic heterocycles. The van der Waals surface area contributed by atoms with E-state index in [9.17, 15) is 14.0 Å². The van der Waals surface area contributed by atoms with Gasteiger partial charge in [-0.2, -0.15) is 0 Å². The molecular formula is C17H16FNO2. The normalized spacial score (nSPS) is 10.5. The highest BCUT2D eigenvalue weighted by molar-refractivity contribution is 5.94. The zero-order chi connectivity index (χ0) is 15.7. The molecule has 0 N–H and O–H groups in total. The van der Waals surface area contributed by atoms with E-state index in [-0.39, 0.29) is 17.2 Å². The number of nitrogens with zero attached hydrogens (tertiary/aromatic N) is 1. The third-order valence-electron chi connectivity index (χ3n) is 3.37. The molecule has 108 valence electrons. The van der Waals surface area contributed by atoms with Crippen molar-refractivity contribution in [2.45, 2.75) is 20.8 Å². The Bertz CT molecular complexity index is 786. The van der Waals surface area contributed by atoms with Gasteiger partial charge in [-0.15, -0.1) is 0 Å². The molecule has 0 aliphatic rings. The van der Waals surface area contributed by atoms with Crippen LogP contribution in [0.1, 0.15) is 35.5 Å². The van der Waals surface area contributed by atoms with E-state index in [1.807, 2.05) is 6.92 Å². The van der Waals surface area contributed by atoms with Gasteiger partial charge in [0.25, 0.3) is 5.56 Å². The van der Waals surface area contributed by atoms with Gasteiger partial charge in [-0.1, -0.05) is 6.58 Å². The van der Waals surface area contributed by atoms with Gasteiger partial charge in [0.1, 0.15) is 5.82 Å². The molecule has 4 heteroatoms. The predicted octanol–water partition coefficient (Wildman–Crippen LogP) is 3.52. The zero-order valence-electron chi connectivity index (χ0n) is 12.2. The largest absolute Gasteiger partial charge is 0.294 e. The molecule has 0 saturated carbocycles. The van der Waals surface area contributed by atoms with Crippen LogP contribution in [0.3, 0.4) is 0 Å². The summed E-state index contributed by atoms with van der Waals surface area (Å²) in [5.41, 5.74) is 2.38. The summed E-state index contributed by atoms with van der Waals surface area (Å²) in [6.45, 7) is 8.82. The van der Waals surface area contributed by atoms with Gasteiger partial charge < -0.3 is 0 Å². The molecule has 3 nitrogen and oxygen atoms in total. The van der Waals surface area contributed by atoms with Crippen LogP contribution in [-0.4, -0.2) is 10.4 Å². The number of halogens is 1. The summed E-state index contributed by atoms with van der Waals surface area (Å²) in [7, 11) is 0. The summed E-state index contributed by atoms with van der Waals surface area (Å²) < 4.78 is 14.5. The molecular weight excluding hydrogens is 269 g/mol. The highest BCUT2D eigenvalue weighted by Crippen LogP contribution is 2.20. The number of hydrogen-bond acceptors (Lipinski definition) is 2. The maximum absolute atomic E-state index is 13.1. The Morgan fingerprint density at radius 1 is 1.14 bits per heavy atom. The minimum absolute atomic E-state index is 0.0999. The molecule has 0 aliphatic carbocycles. The van der Waals surface area contributed by atoms with E-state index >= 15 is 0 Å². The second kappa shape index (κ2) is 5.48. The number of hydrogen-bond donors (Lipinski definition) is 0. The summed E-state index contributed by atoms with van der Waals surface area (Å²) in [5.74, 6) is -0.689. The van der Waals surface area contributed by atoms with Gasteiger partial charge in [-0.25, -0.2) is 4.39 Å². The average molecular weight is 285 g/mol. The molecule has 2 aromatic rings. The molecule has 1 aromatic carbocycles. The van der Waals surface area contributed by atoms with E-state index in [0.717, 1.165) is 11.1 Å². The lowest BCUT2D eigenvalue weighted by Gasteiger charge is -2.16. The van der Waals surface area contributed by atoms with Crippen LogP contribution in [0, 0.1) is 12.7 Å². The number of carbonyl (C=O) groups is 1. The van der Waals surface area contributed by atoms with Crippen LogP contribution in [-0.2, 0) is 0 Å². The fourth-order valence-corrected chi connectivity index (χ4v) is 2.29. The van der Waals surface area contributed by atoms with Crippen LogP contribution in [0.5, 0.6) is 0 Å². The number of carbonyl (C=O) groups excluding carboxylic acids is 1. The fraction of sp³-hybridized carbons (Fsp3) is 0.176. The molecule has 0 bridgehead atoms. The molecule has 1 heterocycles. The van der Waals surface area contributed by atoms with Crippen molar-refractivity contribution in [1.29, 1.82) is 0 Å². The Balaban J connectivity index is 2.86. The van der Waals surface area contributed by atoms with Crippen LogP contribution in [0.15, 0.2) is 41.7 Å². The highest BCUT2D eigenvalue weighted by Gasteiger charge is 2.16. The first-order chi connectivity index (χ1) is 9.82. The minimum atomic E-state index is -0.406. The SMILES string of the molecule is C=C(C)c1cc(C(C)=O)c(=O)n(-c2ccc(F)cc2)c1C. The third kappa shape index (κ3) is 2.70. The first-order valence-corrected chi connectivity index (χ1v) is 6.52. The maximum Gasteiger partial charge on any atom is 0.266 e. The van der Waals surface area contributed by atoms with E-state index in [2.05, 4.69) is 6.58 Å². The summed E-state index contributed by atoms with van der Waals surface area (Å²) in [5, 5.41) is 0. The van der Waals surface area contributed by atoms with Crippen molar-refractivity contribution in [2.24, 2.45) is 0 Å². The Kier molecular flexibility index (Phi) is 3.89. The van der Waals surface area contributed by atoms with Gasteiger partial charge in [-0.3, -0.25) is 14.2 Å². The predicted molar refractivity (Wildman–Crippen MR) is 81.4 cm³/mol. The maximum atomic E-state index is 13.1. The number of Topliss-reactive ketones (excluding diaryl/α,β-unsaturated/α-hetero) is 1. The molecule has 0 saturated heterocycles. The summed E-state index contributed by atoms with van der Waals surface area (Å²) in [6, 6.07) is 7.15. The molecule has 0 fully saturated rings. The van der Waals surface area contributed by atoms with Gasteiger partial charge in [0.2, 0.25) is 0 Å². The van der Waals surface area contributed by atoms with Crippen LogP contribution < -0.4 is 5.56 Å². The van der Waals surface area contributed by atoms with Crippen molar-refractivity contribution in [2.75, 3.05) is 0 Å². The Morgan fingerprint density at radius 2 is 1.71 bits per heavy atom. The van der Waals surface area contributed by atoms with Crippen LogP contribution in [0.2, 0.25) is 0 Å². The fourth-order valence-electron chi connectivity index (χ4n) is 2.29.